The number of ether oxygens (including phenoxy) is 1. The number of rotatable bonds is 8. The van der Waals surface area contributed by atoms with E-state index in [1.165, 1.54) is 18.2 Å². The van der Waals surface area contributed by atoms with Gasteiger partial charge in [0.05, 0.1) is 22.0 Å². The Kier molecular flexibility index (Phi) is 5.43. The largest absolute Gasteiger partial charge is 0.484 e. The molecule has 0 aliphatic carbocycles. The van der Waals surface area contributed by atoms with Crippen LogP contribution in [0, 0.1) is 10.1 Å². The minimum absolute atomic E-state index is 0.0752. The number of nitro groups is 1. The summed E-state index contributed by atoms with van der Waals surface area (Å²) in [5.41, 5.74) is 1.85. The zero-order chi connectivity index (χ0) is 18.4. The van der Waals surface area contributed by atoms with Gasteiger partial charge in [0.1, 0.15) is 11.6 Å². The fraction of sp³-hybridized carbons (Fsp3) is 0.222. The van der Waals surface area contributed by atoms with E-state index in [2.05, 4.69) is 15.3 Å². The number of hydrogen-bond donors (Lipinski definition) is 2. The monoisotopic (exact) mass is 354 g/mol. The van der Waals surface area contributed by atoms with Crippen LogP contribution in [0.25, 0.3) is 11.0 Å². The Labute approximate surface area is 149 Å². The lowest BCUT2D eigenvalue weighted by molar-refractivity contribution is -0.384. The number of aromatic nitrogens is 2. The molecule has 0 bridgehead atoms. The molecular formula is C18H18N4O4. The number of amides is 1. The number of benzene rings is 2. The first kappa shape index (κ1) is 17.4. The Hall–Kier alpha value is -3.42. The van der Waals surface area contributed by atoms with E-state index < -0.39 is 4.92 Å². The van der Waals surface area contributed by atoms with E-state index in [0.717, 1.165) is 29.7 Å². The molecule has 8 heteroatoms. The summed E-state index contributed by atoms with van der Waals surface area (Å²) in [6.45, 7) is 0.306. The maximum absolute atomic E-state index is 11.8. The SMILES string of the molecule is O=C(COc1cccc([N+](=O)[O-])c1)NCCCc1nc2ccccc2[nH]1. The van der Waals surface area contributed by atoms with Gasteiger partial charge in [0.2, 0.25) is 0 Å². The van der Waals surface area contributed by atoms with Gasteiger partial charge in [-0.3, -0.25) is 14.9 Å². The molecule has 1 heterocycles. The van der Waals surface area contributed by atoms with Crippen molar-refractivity contribution < 1.29 is 14.5 Å². The van der Waals surface area contributed by atoms with Crippen molar-refractivity contribution in [2.75, 3.05) is 13.2 Å². The van der Waals surface area contributed by atoms with Crippen LogP contribution in [0.2, 0.25) is 0 Å². The molecule has 0 saturated carbocycles. The van der Waals surface area contributed by atoms with Gasteiger partial charge >= 0.3 is 0 Å². The number of nitrogens with one attached hydrogen (secondary N) is 2. The van der Waals surface area contributed by atoms with Crippen LogP contribution in [0.3, 0.4) is 0 Å². The average Bonchev–Trinajstić information content (AvgIpc) is 3.06. The summed E-state index contributed by atoms with van der Waals surface area (Å²) in [6.07, 6.45) is 1.46. The van der Waals surface area contributed by atoms with Crippen molar-refractivity contribution in [3.63, 3.8) is 0 Å². The standard InChI is InChI=1S/C18H18N4O4/c23-18(12-26-14-6-3-5-13(11-14)22(24)25)19-10-4-9-17-20-15-7-1-2-8-16(15)21-17/h1-3,5-8,11H,4,9-10,12H2,(H,19,23)(H,20,21). The van der Waals surface area contributed by atoms with Gasteiger partial charge in [-0.15, -0.1) is 0 Å². The highest BCUT2D eigenvalue weighted by molar-refractivity contribution is 5.77. The summed E-state index contributed by atoms with van der Waals surface area (Å²) in [6, 6.07) is 13.5. The Morgan fingerprint density at radius 2 is 2.08 bits per heavy atom. The van der Waals surface area contributed by atoms with Crippen molar-refractivity contribution >= 4 is 22.6 Å². The second kappa shape index (κ2) is 8.11. The summed E-state index contributed by atoms with van der Waals surface area (Å²) in [4.78, 5) is 29.7. The number of imidazole rings is 1. The highest BCUT2D eigenvalue weighted by atomic mass is 16.6. The van der Waals surface area contributed by atoms with E-state index in [9.17, 15) is 14.9 Å². The third-order valence-corrected chi connectivity index (χ3v) is 3.75. The summed E-state index contributed by atoms with van der Waals surface area (Å²) in [5, 5.41) is 13.5. The van der Waals surface area contributed by atoms with Gasteiger partial charge in [-0.05, 0) is 24.6 Å². The van der Waals surface area contributed by atoms with E-state index in [1.807, 2.05) is 24.3 Å². The molecule has 0 aliphatic heterocycles. The molecule has 0 saturated heterocycles. The summed E-state index contributed by atoms with van der Waals surface area (Å²) < 4.78 is 5.28. The fourth-order valence-corrected chi connectivity index (χ4v) is 2.49. The van der Waals surface area contributed by atoms with Crippen molar-refractivity contribution in [3.8, 4) is 5.75 Å². The number of carbonyl (C=O) groups excluding carboxylic acids is 1. The van der Waals surface area contributed by atoms with Crippen LogP contribution in [0.1, 0.15) is 12.2 Å². The molecule has 26 heavy (non-hydrogen) atoms. The first-order chi connectivity index (χ1) is 12.6. The van der Waals surface area contributed by atoms with Gasteiger partial charge < -0.3 is 15.0 Å². The molecule has 8 nitrogen and oxygen atoms in total. The Morgan fingerprint density at radius 1 is 1.23 bits per heavy atom. The molecule has 0 radical (unpaired) electrons. The molecule has 2 N–H and O–H groups in total. The van der Waals surface area contributed by atoms with Gasteiger partial charge in [0, 0.05) is 19.0 Å². The van der Waals surface area contributed by atoms with E-state index in [4.69, 9.17) is 4.74 Å². The van der Waals surface area contributed by atoms with Crippen LogP contribution in [-0.2, 0) is 11.2 Å². The molecule has 0 spiro atoms. The molecular weight excluding hydrogens is 336 g/mol. The quantitative estimate of drug-likeness (QED) is 0.367. The number of aryl methyl sites for hydroxylation is 1. The summed E-state index contributed by atoms with van der Waals surface area (Å²) in [5.74, 6) is 0.894. The van der Waals surface area contributed by atoms with Crippen molar-refractivity contribution in [2.45, 2.75) is 12.8 Å². The molecule has 3 rings (SSSR count). The molecule has 0 atom stereocenters. The average molecular weight is 354 g/mol. The maximum Gasteiger partial charge on any atom is 0.273 e. The van der Waals surface area contributed by atoms with Crippen LogP contribution in [-0.4, -0.2) is 34.0 Å². The summed E-state index contributed by atoms with van der Waals surface area (Å²) in [7, 11) is 0. The minimum Gasteiger partial charge on any atom is -0.484 e. The van der Waals surface area contributed by atoms with Crippen LogP contribution < -0.4 is 10.1 Å². The number of carbonyl (C=O) groups is 1. The van der Waals surface area contributed by atoms with Gasteiger partial charge in [0.15, 0.2) is 6.61 Å². The molecule has 134 valence electrons. The van der Waals surface area contributed by atoms with Gasteiger partial charge in [-0.25, -0.2) is 4.98 Å². The van der Waals surface area contributed by atoms with Crippen molar-refractivity contribution in [3.05, 3.63) is 64.5 Å². The van der Waals surface area contributed by atoms with Crippen LogP contribution in [0.5, 0.6) is 5.75 Å². The number of non-ortho nitro benzene ring substituents is 1. The number of H-pyrrole nitrogens is 1. The maximum atomic E-state index is 11.8. The molecule has 0 fully saturated rings. The van der Waals surface area contributed by atoms with E-state index in [-0.39, 0.29) is 24.0 Å². The number of aromatic amines is 1. The zero-order valence-corrected chi connectivity index (χ0v) is 14.0. The smallest absolute Gasteiger partial charge is 0.273 e. The first-order valence-corrected chi connectivity index (χ1v) is 8.19. The number of hydrogen-bond acceptors (Lipinski definition) is 5. The lowest BCUT2D eigenvalue weighted by atomic mass is 10.3. The third kappa shape index (κ3) is 4.56. The Bertz CT molecular complexity index is 889. The number of para-hydroxylation sites is 2. The number of nitro benzene ring substituents is 1. The molecule has 1 aromatic heterocycles. The molecule has 0 aliphatic rings. The third-order valence-electron chi connectivity index (χ3n) is 3.75. The van der Waals surface area contributed by atoms with Gasteiger partial charge in [-0.2, -0.15) is 0 Å². The normalized spacial score (nSPS) is 10.6. The molecule has 0 unspecified atom stereocenters. The Morgan fingerprint density at radius 3 is 2.88 bits per heavy atom. The van der Waals surface area contributed by atoms with E-state index >= 15 is 0 Å². The lowest BCUT2D eigenvalue weighted by Gasteiger charge is -2.07. The zero-order valence-electron chi connectivity index (χ0n) is 14.0. The van der Waals surface area contributed by atoms with E-state index in [1.54, 1.807) is 6.07 Å². The topological polar surface area (TPSA) is 110 Å². The number of fused-ring (bicyclic) bond motifs is 1. The highest BCUT2D eigenvalue weighted by Crippen LogP contribution is 2.18. The predicted molar refractivity (Wildman–Crippen MR) is 96.0 cm³/mol. The second-order valence-electron chi connectivity index (χ2n) is 5.70. The minimum atomic E-state index is -0.509. The predicted octanol–water partition coefficient (Wildman–Crippen LogP) is 2.60. The number of nitrogens with zero attached hydrogens (tertiary/aromatic N) is 2. The van der Waals surface area contributed by atoms with Gasteiger partial charge in [0.25, 0.3) is 11.6 Å². The summed E-state index contributed by atoms with van der Waals surface area (Å²) >= 11 is 0. The Balaban J connectivity index is 1.39. The van der Waals surface area contributed by atoms with Gasteiger partial charge in [-0.1, -0.05) is 18.2 Å². The van der Waals surface area contributed by atoms with Crippen molar-refractivity contribution in [1.82, 2.24) is 15.3 Å². The van der Waals surface area contributed by atoms with E-state index in [0.29, 0.717) is 6.54 Å². The molecule has 2 aromatic carbocycles. The van der Waals surface area contributed by atoms with Crippen molar-refractivity contribution in [2.24, 2.45) is 0 Å². The van der Waals surface area contributed by atoms with Crippen molar-refractivity contribution in [1.29, 1.82) is 0 Å². The first-order valence-electron chi connectivity index (χ1n) is 8.19. The molecule has 1 amide bonds. The fourth-order valence-electron chi connectivity index (χ4n) is 2.49. The lowest BCUT2D eigenvalue weighted by Crippen LogP contribution is -2.29. The van der Waals surface area contributed by atoms with Crippen LogP contribution >= 0.6 is 0 Å². The highest BCUT2D eigenvalue weighted by Gasteiger charge is 2.08. The second-order valence-corrected chi connectivity index (χ2v) is 5.70. The molecule has 3 aromatic rings. The van der Waals surface area contributed by atoms with Crippen LogP contribution in [0.15, 0.2) is 48.5 Å². The van der Waals surface area contributed by atoms with Crippen LogP contribution in [0.4, 0.5) is 5.69 Å².